The van der Waals surface area contributed by atoms with Gasteiger partial charge in [-0.15, -0.1) is 0 Å². The number of nitrogen functional groups attached to an aromatic ring is 2. The number of nitrogens with one attached hydrogen (secondary N) is 2. The minimum Gasteiger partial charge on any atom is -0.448 e. The number of carbonyl (C=O) groups is 4. The highest BCUT2D eigenvalue weighted by molar-refractivity contribution is 6.31. The van der Waals surface area contributed by atoms with Gasteiger partial charge in [-0.1, -0.05) is 123 Å². The highest BCUT2D eigenvalue weighted by atomic mass is 35.5. The SMILES string of the molecule is CCCCCCN(CCNC(=O)c1ccc(CN(CC(CNC(=O)c2nc(Cl)c(N)nc2N)Cc2ccccc2C)C(=O)OC(C)(C)C)cc1)C(=O)OCC1c2ccccc2-c2ccccc21. The number of amides is 4. The van der Waals surface area contributed by atoms with Gasteiger partial charge in [-0.05, 0) is 97.5 Å². The Morgan fingerprint density at radius 1 is 0.761 bits per heavy atom. The fourth-order valence-electron chi connectivity index (χ4n) is 8.22. The minimum atomic E-state index is -0.780. The number of nitrogens with zero attached hydrogens (tertiary/aromatic N) is 4. The van der Waals surface area contributed by atoms with E-state index in [-0.39, 0.29) is 79.6 Å². The zero-order valence-corrected chi connectivity index (χ0v) is 39.9. The lowest BCUT2D eigenvalue weighted by atomic mass is 9.95. The van der Waals surface area contributed by atoms with E-state index in [2.05, 4.69) is 51.8 Å². The molecule has 354 valence electrons. The number of benzene rings is 4. The largest absolute Gasteiger partial charge is 0.448 e. The van der Waals surface area contributed by atoms with Crippen molar-refractivity contribution >= 4 is 47.2 Å². The summed E-state index contributed by atoms with van der Waals surface area (Å²) in [5.74, 6) is -1.47. The molecular formula is C52H63ClN8O6. The van der Waals surface area contributed by atoms with Gasteiger partial charge in [-0.2, -0.15) is 0 Å². The van der Waals surface area contributed by atoms with Crippen molar-refractivity contribution in [2.24, 2.45) is 5.92 Å². The lowest BCUT2D eigenvalue weighted by Gasteiger charge is -2.31. The molecule has 67 heavy (non-hydrogen) atoms. The van der Waals surface area contributed by atoms with Crippen molar-refractivity contribution in [3.63, 3.8) is 0 Å². The third kappa shape index (κ3) is 13.7. The van der Waals surface area contributed by atoms with Crippen LogP contribution < -0.4 is 22.1 Å². The first-order valence-corrected chi connectivity index (χ1v) is 23.4. The highest BCUT2D eigenvalue weighted by Crippen LogP contribution is 2.44. The van der Waals surface area contributed by atoms with Crippen LogP contribution >= 0.6 is 11.6 Å². The van der Waals surface area contributed by atoms with E-state index in [1.54, 1.807) is 54.8 Å². The maximum absolute atomic E-state index is 13.8. The summed E-state index contributed by atoms with van der Waals surface area (Å²) in [6.07, 6.45) is 3.54. The average molecular weight is 932 g/mol. The molecule has 1 aromatic heterocycles. The van der Waals surface area contributed by atoms with Crippen LogP contribution in [0.4, 0.5) is 21.2 Å². The van der Waals surface area contributed by atoms with Gasteiger partial charge in [0.2, 0.25) is 0 Å². The number of rotatable bonds is 20. The van der Waals surface area contributed by atoms with Crippen LogP contribution in [-0.4, -0.2) is 88.7 Å². The topological polar surface area (TPSA) is 195 Å². The summed E-state index contributed by atoms with van der Waals surface area (Å²) >= 11 is 6.06. The molecule has 1 heterocycles. The van der Waals surface area contributed by atoms with Crippen molar-refractivity contribution in [3.8, 4) is 11.1 Å². The molecule has 0 saturated carbocycles. The number of halogens is 1. The zero-order valence-electron chi connectivity index (χ0n) is 39.1. The Labute approximate surface area is 398 Å². The first-order chi connectivity index (χ1) is 32.1. The average Bonchev–Trinajstić information content (AvgIpc) is 3.62. The maximum Gasteiger partial charge on any atom is 0.410 e. The molecule has 1 aliphatic rings. The Bertz CT molecular complexity index is 2470. The van der Waals surface area contributed by atoms with Gasteiger partial charge in [-0.25, -0.2) is 19.6 Å². The smallest absolute Gasteiger partial charge is 0.410 e. The fraction of sp³-hybridized carbons (Fsp3) is 0.385. The molecular weight excluding hydrogens is 868 g/mol. The van der Waals surface area contributed by atoms with Gasteiger partial charge in [0.05, 0.1) is 0 Å². The molecule has 14 nitrogen and oxygen atoms in total. The number of hydrogen-bond donors (Lipinski definition) is 4. The van der Waals surface area contributed by atoms with Crippen LogP contribution in [0.1, 0.15) is 108 Å². The number of hydrogen-bond acceptors (Lipinski definition) is 10. The summed E-state index contributed by atoms with van der Waals surface area (Å²) in [6, 6.07) is 31.4. The predicted octanol–water partition coefficient (Wildman–Crippen LogP) is 9.19. The van der Waals surface area contributed by atoms with Gasteiger partial charge in [-0.3, -0.25) is 9.59 Å². The number of carbonyl (C=O) groups excluding carboxylic acids is 4. The molecule has 1 aliphatic carbocycles. The van der Waals surface area contributed by atoms with Crippen molar-refractivity contribution in [1.82, 2.24) is 30.4 Å². The molecule has 0 fully saturated rings. The van der Waals surface area contributed by atoms with Gasteiger partial charge >= 0.3 is 12.2 Å². The number of anilines is 2. The second-order valence-corrected chi connectivity index (χ2v) is 18.4. The van der Waals surface area contributed by atoms with Crippen LogP contribution in [0.5, 0.6) is 0 Å². The van der Waals surface area contributed by atoms with Crippen LogP contribution in [0.25, 0.3) is 11.1 Å². The predicted molar refractivity (Wildman–Crippen MR) is 263 cm³/mol. The molecule has 0 bridgehead atoms. The van der Waals surface area contributed by atoms with Gasteiger partial charge < -0.3 is 41.4 Å². The highest BCUT2D eigenvalue weighted by Gasteiger charge is 2.30. The summed E-state index contributed by atoms with van der Waals surface area (Å²) in [5.41, 5.74) is 18.7. The second-order valence-electron chi connectivity index (χ2n) is 18.0. The molecule has 4 amide bonds. The second kappa shape index (κ2) is 23.2. The van der Waals surface area contributed by atoms with E-state index >= 15 is 0 Å². The number of unbranched alkanes of at least 4 members (excludes halogenated alkanes) is 3. The Morgan fingerprint density at radius 3 is 2.07 bits per heavy atom. The summed E-state index contributed by atoms with van der Waals surface area (Å²) in [7, 11) is 0. The quantitative estimate of drug-likeness (QED) is 0.0547. The number of fused-ring (bicyclic) bond motifs is 3. The third-order valence-electron chi connectivity index (χ3n) is 11.7. The molecule has 0 radical (unpaired) electrons. The van der Waals surface area contributed by atoms with Crippen LogP contribution in [0, 0.1) is 12.8 Å². The maximum atomic E-state index is 13.8. The number of nitrogens with two attached hydrogens (primary N) is 2. The van der Waals surface area contributed by atoms with E-state index in [1.165, 1.54) is 0 Å². The number of ether oxygens (including phenoxy) is 2. The van der Waals surface area contributed by atoms with Crippen LogP contribution in [0.15, 0.2) is 97.1 Å². The van der Waals surface area contributed by atoms with Gasteiger partial charge in [0.25, 0.3) is 11.8 Å². The standard InChI is InChI=1S/C52H63ClN8O6/c1-6-7-8-15-27-60(50(64)66-33-43-41-20-13-11-18-39(41)40-19-12-14-21-42(40)43)28-26-56-48(62)37-24-22-35(23-25-37)31-61(51(65)67-52(3,4)5)32-36(29-38-17-10-9-16-34(38)2)30-57-49(63)44-46(54)59-47(55)45(53)58-44/h9-14,16-25,36,43H,6-8,15,26-33H2,1-5H3,(H,56,62)(H,57,63)(H4,54,55,59). The molecule has 0 spiro atoms. The summed E-state index contributed by atoms with van der Waals surface area (Å²) in [5, 5.41) is 5.74. The van der Waals surface area contributed by atoms with Crippen molar-refractivity contribution in [2.45, 2.75) is 84.8 Å². The molecule has 5 aromatic rings. The Balaban J connectivity index is 1.10. The van der Waals surface area contributed by atoms with Crippen molar-refractivity contribution in [1.29, 1.82) is 0 Å². The van der Waals surface area contributed by atoms with Crippen LogP contribution in [0.3, 0.4) is 0 Å². The summed E-state index contributed by atoms with van der Waals surface area (Å²) in [6.45, 7) is 11.3. The van der Waals surface area contributed by atoms with Gasteiger partial charge in [0.1, 0.15) is 12.2 Å². The van der Waals surface area contributed by atoms with Crippen molar-refractivity contribution < 1.29 is 28.7 Å². The Morgan fingerprint density at radius 2 is 1.42 bits per heavy atom. The summed E-state index contributed by atoms with van der Waals surface area (Å²) in [4.78, 5) is 65.5. The monoisotopic (exact) mass is 930 g/mol. The third-order valence-corrected chi connectivity index (χ3v) is 12.0. The van der Waals surface area contributed by atoms with E-state index in [9.17, 15) is 19.2 Å². The van der Waals surface area contributed by atoms with Gasteiger partial charge in [0, 0.05) is 50.7 Å². The molecule has 6 rings (SSSR count). The first kappa shape index (κ1) is 49.8. The van der Waals surface area contributed by atoms with E-state index in [0.29, 0.717) is 18.5 Å². The van der Waals surface area contributed by atoms with E-state index in [4.69, 9.17) is 32.5 Å². The van der Waals surface area contributed by atoms with Crippen molar-refractivity contribution in [3.05, 3.63) is 141 Å². The van der Waals surface area contributed by atoms with E-state index < -0.39 is 23.7 Å². The Hall–Kier alpha value is -6.67. The normalized spacial score (nSPS) is 12.4. The first-order valence-electron chi connectivity index (χ1n) is 23.0. The molecule has 0 saturated heterocycles. The molecule has 6 N–H and O–H groups in total. The lowest BCUT2D eigenvalue weighted by Crippen LogP contribution is -2.42. The molecule has 4 aromatic carbocycles. The molecule has 1 unspecified atom stereocenters. The van der Waals surface area contributed by atoms with Gasteiger partial charge in [0.15, 0.2) is 22.5 Å². The lowest BCUT2D eigenvalue weighted by molar-refractivity contribution is 0.0202. The molecule has 1 atom stereocenters. The van der Waals surface area contributed by atoms with E-state index in [0.717, 1.165) is 64.6 Å². The van der Waals surface area contributed by atoms with E-state index in [1.807, 2.05) is 55.5 Å². The summed E-state index contributed by atoms with van der Waals surface area (Å²) < 4.78 is 11.9. The molecule has 15 heteroatoms. The van der Waals surface area contributed by atoms with Crippen LogP contribution in [0.2, 0.25) is 5.15 Å². The minimum absolute atomic E-state index is 0.0534. The molecule has 0 aliphatic heterocycles. The van der Waals surface area contributed by atoms with Crippen LogP contribution in [-0.2, 0) is 22.4 Å². The zero-order chi connectivity index (χ0) is 48.1. The Kier molecular flexibility index (Phi) is 17.2. The number of aryl methyl sites for hydroxylation is 1. The van der Waals surface area contributed by atoms with Crippen molar-refractivity contribution in [2.75, 3.05) is 50.8 Å². The number of aromatic nitrogens is 2. The fourth-order valence-corrected chi connectivity index (χ4v) is 8.35.